The molecule has 1 aromatic carbocycles. The number of nitrogens with zero attached hydrogens (tertiary/aromatic N) is 4. The van der Waals surface area contributed by atoms with Crippen molar-refractivity contribution in [1.29, 1.82) is 0 Å². The largest absolute Gasteiger partial charge is 0.391 e. The number of halogens is 4. The van der Waals surface area contributed by atoms with Crippen molar-refractivity contribution in [2.24, 2.45) is 0 Å². The Kier molecular flexibility index (Phi) is 4.93. The van der Waals surface area contributed by atoms with Crippen molar-refractivity contribution >= 4 is 34.5 Å². The smallest absolute Gasteiger partial charge is 0.270 e. The Balaban J connectivity index is 1.43. The molecule has 1 aliphatic carbocycles. The molecule has 3 N–H and O–H groups in total. The van der Waals surface area contributed by atoms with Gasteiger partial charge >= 0.3 is 0 Å². The summed E-state index contributed by atoms with van der Waals surface area (Å²) in [7, 11) is 0. The number of β-amino-alcohol motifs (C(OH)–C–C–N with tert-alkyl or cyclic N) is 1. The Morgan fingerprint density at radius 1 is 1.25 bits per heavy atom. The number of fused-ring (bicyclic) bond motifs is 1. The summed E-state index contributed by atoms with van der Waals surface area (Å²) in [5.41, 5.74) is 0.876. The predicted octanol–water partition coefficient (Wildman–Crippen LogP) is 3.01. The minimum Gasteiger partial charge on any atom is -0.391 e. The summed E-state index contributed by atoms with van der Waals surface area (Å²) < 4.78 is 55.9. The van der Waals surface area contributed by atoms with Crippen LogP contribution in [0.1, 0.15) is 24.4 Å². The van der Waals surface area contributed by atoms with E-state index >= 15 is 0 Å². The first-order valence-corrected chi connectivity index (χ1v) is 10.3. The lowest BCUT2D eigenvalue weighted by atomic mass is 10.0. The number of aliphatic hydroxyl groups is 1. The number of thiocarbonyl (C=S) groups is 1. The molecule has 12 heteroatoms. The van der Waals surface area contributed by atoms with Crippen LogP contribution < -0.4 is 15.5 Å². The minimum absolute atomic E-state index is 0.0191. The second-order valence-corrected chi connectivity index (χ2v) is 8.36. The summed E-state index contributed by atoms with van der Waals surface area (Å²) in [4.78, 5) is 6.25. The fraction of sp³-hybridized carbons (Fsp3) is 0.350. The van der Waals surface area contributed by atoms with Gasteiger partial charge in [0.1, 0.15) is 23.1 Å². The van der Waals surface area contributed by atoms with Crippen LogP contribution in [0.3, 0.4) is 0 Å². The fourth-order valence-electron chi connectivity index (χ4n) is 3.93. The van der Waals surface area contributed by atoms with Crippen molar-refractivity contribution in [3.8, 4) is 0 Å². The third-order valence-electron chi connectivity index (χ3n) is 5.62. The summed E-state index contributed by atoms with van der Waals surface area (Å²) in [5.74, 6) is -3.50. The highest BCUT2D eigenvalue weighted by Crippen LogP contribution is 2.41. The van der Waals surface area contributed by atoms with Gasteiger partial charge in [0.15, 0.2) is 10.8 Å². The van der Waals surface area contributed by atoms with Crippen molar-refractivity contribution in [1.82, 2.24) is 19.9 Å². The zero-order chi connectivity index (χ0) is 22.6. The van der Waals surface area contributed by atoms with Gasteiger partial charge in [0.2, 0.25) is 0 Å². The van der Waals surface area contributed by atoms with Gasteiger partial charge in [0.05, 0.1) is 24.4 Å². The van der Waals surface area contributed by atoms with E-state index in [9.17, 15) is 22.7 Å². The molecule has 0 radical (unpaired) electrons. The molecule has 3 atom stereocenters. The number of aromatic nitrogens is 3. The highest BCUT2D eigenvalue weighted by atomic mass is 32.1. The predicted molar refractivity (Wildman–Crippen MR) is 113 cm³/mol. The molecule has 3 heterocycles. The van der Waals surface area contributed by atoms with Crippen LogP contribution >= 0.6 is 12.2 Å². The molecule has 5 rings (SSSR count). The molecule has 1 saturated carbocycles. The molecule has 0 bridgehead atoms. The number of benzene rings is 1. The summed E-state index contributed by atoms with van der Waals surface area (Å²) in [6.07, 6.45) is 2.26. The van der Waals surface area contributed by atoms with Gasteiger partial charge in [-0.05, 0) is 42.9 Å². The van der Waals surface area contributed by atoms with Crippen LogP contribution in [0.4, 0.5) is 29.1 Å². The normalized spacial score (nSPS) is 24.0. The third kappa shape index (κ3) is 3.84. The monoisotopic (exact) mass is 466 g/mol. The van der Waals surface area contributed by atoms with Gasteiger partial charge in [-0.25, -0.2) is 27.1 Å². The Bertz CT molecular complexity index is 1200. The maximum atomic E-state index is 14.4. The summed E-state index contributed by atoms with van der Waals surface area (Å²) in [6.45, 7) is 0.178. The van der Waals surface area contributed by atoms with Gasteiger partial charge in [0.25, 0.3) is 5.92 Å². The van der Waals surface area contributed by atoms with Crippen molar-refractivity contribution in [2.45, 2.75) is 37.0 Å². The molecule has 7 nitrogen and oxygen atoms in total. The molecule has 0 spiro atoms. The van der Waals surface area contributed by atoms with Crippen molar-refractivity contribution in [3.05, 3.63) is 53.9 Å². The average Bonchev–Trinajstić information content (AvgIpc) is 3.06. The maximum absolute atomic E-state index is 14.4. The quantitative estimate of drug-likeness (QED) is 0.403. The summed E-state index contributed by atoms with van der Waals surface area (Å²) in [6, 6.07) is 3.24. The standard InChI is InChI=1S/C20H18F4N6OS/c21-10-1-2-13(22)12(5-10)15-6-11(31)9-29(15)17-3-4-30-18(28-17)14(8-25-30)26-19(32)27-16-7-20(16,23)24/h1-5,8,11,15-16,31H,6-7,9H2,(H2,26,27,32)/t11-,15+,16?/m0/s1. The number of anilines is 2. The molecule has 3 aromatic rings. The molecular weight excluding hydrogens is 448 g/mol. The molecule has 1 unspecified atom stereocenters. The molecule has 1 aliphatic heterocycles. The number of nitrogens with one attached hydrogen (secondary N) is 2. The second kappa shape index (κ2) is 7.55. The molecule has 168 valence electrons. The SMILES string of the molecule is O[C@H]1C[C@H](c2cc(F)ccc2F)N(c2ccn3ncc(NC(=S)NC4CC4(F)F)c3n2)C1. The first-order valence-electron chi connectivity index (χ1n) is 9.90. The number of hydrogen-bond donors (Lipinski definition) is 3. The van der Waals surface area contributed by atoms with Crippen LogP contribution in [0.15, 0.2) is 36.7 Å². The van der Waals surface area contributed by atoms with Crippen molar-refractivity contribution in [3.63, 3.8) is 0 Å². The number of hydrogen-bond acceptors (Lipinski definition) is 5. The molecule has 2 aliphatic rings. The summed E-state index contributed by atoms with van der Waals surface area (Å²) in [5, 5.41) is 19.8. The lowest BCUT2D eigenvalue weighted by molar-refractivity contribution is 0.110. The van der Waals surface area contributed by atoms with Crippen molar-refractivity contribution < 1.29 is 22.7 Å². The van der Waals surface area contributed by atoms with Crippen molar-refractivity contribution in [2.75, 3.05) is 16.8 Å². The fourth-order valence-corrected chi connectivity index (χ4v) is 4.18. The summed E-state index contributed by atoms with van der Waals surface area (Å²) >= 11 is 5.11. The molecular formula is C20H18F4N6OS. The van der Waals surface area contributed by atoms with Crippen LogP contribution in [0, 0.1) is 11.6 Å². The van der Waals surface area contributed by atoms with E-state index in [2.05, 4.69) is 20.7 Å². The zero-order valence-corrected chi connectivity index (χ0v) is 17.3. The first kappa shape index (κ1) is 20.9. The van der Waals surface area contributed by atoms with Gasteiger partial charge in [-0.3, -0.25) is 0 Å². The van der Waals surface area contributed by atoms with Gasteiger partial charge in [0, 0.05) is 24.7 Å². The van der Waals surface area contributed by atoms with Gasteiger partial charge in [-0.15, -0.1) is 0 Å². The highest BCUT2D eigenvalue weighted by molar-refractivity contribution is 7.80. The maximum Gasteiger partial charge on any atom is 0.270 e. The van der Waals surface area contributed by atoms with Crippen LogP contribution in [-0.4, -0.2) is 49.4 Å². The Hall–Kier alpha value is -2.99. The number of alkyl halides is 2. The van der Waals surface area contributed by atoms with Gasteiger partial charge in [-0.1, -0.05) is 0 Å². The minimum atomic E-state index is -2.77. The zero-order valence-electron chi connectivity index (χ0n) is 16.5. The van der Waals surface area contributed by atoms with Crippen LogP contribution in [0.5, 0.6) is 0 Å². The van der Waals surface area contributed by atoms with E-state index in [4.69, 9.17) is 12.2 Å². The molecule has 2 fully saturated rings. The average molecular weight is 466 g/mol. The van der Waals surface area contributed by atoms with E-state index in [1.54, 1.807) is 17.2 Å². The van der Waals surface area contributed by atoms with E-state index in [0.717, 1.165) is 18.2 Å². The highest BCUT2D eigenvalue weighted by Gasteiger charge is 2.57. The third-order valence-corrected chi connectivity index (χ3v) is 5.84. The lowest BCUT2D eigenvalue weighted by Crippen LogP contribution is -2.33. The van der Waals surface area contributed by atoms with Gasteiger partial charge in [-0.2, -0.15) is 5.10 Å². The van der Waals surface area contributed by atoms with Crippen LogP contribution in [-0.2, 0) is 0 Å². The van der Waals surface area contributed by atoms with E-state index in [0.29, 0.717) is 17.2 Å². The number of rotatable bonds is 4. The Morgan fingerprint density at radius 2 is 2.03 bits per heavy atom. The molecule has 2 aromatic heterocycles. The van der Waals surface area contributed by atoms with Gasteiger partial charge < -0.3 is 20.6 Å². The van der Waals surface area contributed by atoms with Crippen LogP contribution in [0.2, 0.25) is 0 Å². The van der Waals surface area contributed by atoms with E-state index < -0.39 is 35.7 Å². The van der Waals surface area contributed by atoms with E-state index in [1.165, 1.54) is 10.7 Å². The molecule has 32 heavy (non-hydrogen) atoms. The second-order valence-electron chi connectivity index (χ2n) is 7.95. The first-order chi connectivity index (χ1) is 15.2. The Morgan fingerprint density at radius 3 is 2.78 bits per heavy atom. The lowest BCUT2D eigenvalue weighted by Gasteiger charge is -2.26. The number of aliphatic hydroxyl groups excluding tert-OH is 1. The molecule has 0 amide bonds. The topological polar surface area (TPSA) is 77.7 Å². The van der Waals surface area contributed by atoms with E-state index in [-0.39, 0.29) is 30.1 Å². The Labute approximate surface area is 185 Å². The molecule has 1 saturated heterocycles. The van der Waals surface area contributed by atoms with E-state index in [1.807, 2.05) is 0 Å². The van der Waals surface area contributed by atoms with Crippen LogP contribution in [0.25, 0.3) is 5.65 Å².